The molecule has 0 saturated carbocycles. The number of benzene rings is 1. The van der Waals surface area contributed by atoms with Gasteiger partial charge < -0.3 is 9.64 Å². The number of hydrogen-bond donors (Lipinski definition) is 0. The summed E-state index contributed by atoms with van der Waals surface area (Å²) in [4.78, 5) is 19.0. The number of hydrogen-bond acceptors (Lipinski definition) is 3. The lowest BCUT2D eigenvalue weighted by Crippen LogP contribution is -2.54. The van der Waals surface area contributed by atoms with Gasteiger partial charge in [0.1, 0.15) is 0 Å². The molecule has 1 saturated heterocycles. The molecule has 2 aromatic rings. The van der Waals surface area contributed by atoms with Gasteiger partial charge in [-0.2, -0.15) is 0 Å². The fourth-order valence-electron chi connectivity index (χ4n) is 3.23. The minimum Gasteiger partial charge on any atom is -0.369 e. The zero-order valence-electron chi connectivity index (χ0n) is 13.4. The standard InChI is InChI=1S/C18H22N2O2/c1-13-11-20(12-18(2,3)22-13)16(21)10-15-7-4-6-14-8-5-9-19-17(14)15/h4-9,13H,10-12H2,1-3H3. The molecule has 0 aliphatic carbocycles. The molecule has 22 heavy (non-hydrogen) atoms. The highest BCUT2D eigenvalue weighted by Crippen LogP contribution is 2.22. The van der Waals surface area contributed by atoms with E-state index in [2.05, 4.69) is 4.98 Å². The van der Waals surface area contributed by atoms with Crippen molar-refractivity contribution in [1.29, 1.82) is 0 Å². The molecule has 4 nitrogen and oxygen atoms in total. The Morgan fingerprint density at radius 2 is 2.14 bits per heavy atom. The van der Waals surface area contributed by atoms with Crippen molar-refractivity contribution in [3.63, 3.8) is 0 Å². The van der Waals surface area contributed by atoms with E-state index in [0.29, 0.717) is 19.5 Å². The summed E-state index contributed by atoms with van der Waals surface area (Å²) in [6.45, 7) is 7.36. The second-order valence-electron chi connectivity index (χ2n) is 6.63. The van der Waals surface area contributed by atoms with Crippen molar-refractivity contribution in [2.45, 2.75) is 38.9 Å². The summed E-state index contributed by atoms with van der Waals surface area (Å²) in [7, 11) is 0. The third kappa shape index (κ3) is 3.12. The van der Waals surface area contributed by atoms with Gasteiger partial charge in [0.25, 0.3) is 0 Å². The zero-order chi connectivity index (χ0) is 15.7. The van der Waals surface area contributed by atoms with Crippen LogP contribution in [0.1, 0.15) is 26.3 Å². The molecule has 1 fully saturated rings. The Balaban J connectivity index is 1.81. The molecule has 1 amide bonds. The molecular weight excluding hydrogens is 276 g/mol. The van der Waals surface area contributed by atoms with Crippen molar-refractivity contribution in [3.05, 3.63) is 42.1 Å². The highest BCUT2D eigenvalue weighted by Gasteiger charge is 2.33. The van der Waals surface area contributed by atoms with Crippen LogP contribution < -0.4 is 0 Å². The highest BCUT2D eigenvalue weighted by molar-refractivity contribution is 5.87. The van der Waals surface area contributed by atoms with Gasteiger partial charge in [-0.1, -0.05) is 24.3 Å². The highest BCUT2D eigenvalue weighted by atomic mass is 16.5. The predicted octanol–water partition coefficient (Wildman–Crippen LogP) is 2.80. The summed E-state index contributed by atoms with van der Waals surface area (Å²) in [5.74, 6) is 0.140. The second kappa shape index (κ2) is 5.69. The largest absolute Gasteiger partial charge is 0.369 e. The van der Waals surface area contributed by atoms with Crippen LogP contribution in [0.15, 0.2) is 36.5 Å². The van der Waals surface area contributed by atoms with Gasteiger partial charge in [0.15, 0.2) is 0 Å². The van der Waals surface area contributed by atoms with Crippen LogP contribution >= 0.6 is 0 Å². The van der Waals surface area contributed by atoms with Gasteiger partial charge >= 0.3 is 0 Å². The summed E-state index contributed by atoms with van der Waals surface area (Å²) in [6.07, 6.45) is 2.23. The SMILES string of the molecule is CC1CN(C(=O)Cc2cccc3cccnc23)CC(C)(C)O1. The first-order chi connectivity index (χ1) is 10.4. The van der Waals surface area contributed by atoms with E-state index < -0.39 is 0 Å². The molecule has 0 bridgehead atoms. The maximum absolute atomic E-state index is 12.7. The number of para-hydroxylation sites is 1. The first-order valence-electron chi connectivity index (χ1n) is 7.73. The Labute approximate surface area is 131 Å². The average molecular weight is 298 g/mol. The third-order valence-corrected chi connectivity index (χ3v) is 3.98. The molecular formula is C18H22N2O2. The van der Waals surface area contributed by atoms with Crippen LogP contribution in [0.25, 0.3) is 10.9 Å². The molecule has 1 aromatic carbocycles. The summed E-state index contributed by atoms with van der Waals surface area (Å²) in [6, 6.07) is 9.94. The summed E-state index contributed by atoms with van der Waals surface area (Å²) in [5.41, 5.74) is 1.61. The third-order valence-electron chi connectivity index (χ3n) is 3.98. The molecule has 0 radical (unpaired) electrons. The van der Waals surface area contributed by atoms with E-state index in [1.807, 2.05) is 56.0 Å². The number of aromatic nitrogens is 1. The minimum absolute atomic E-state index is 0.0679. The van der Waals surface area contributed by atoms with Crippen LogP contribution in [0.3, 0.4) is 0 Å². The van der Waals surface area contributed by atoms with Crippen molar-refractivity contribution in [1.82, 2.24) is 9.88 Å². The Hall–Kier alpha value is -1.94. The lowest BCUT2D eigenvalue weighted by molar-refractivity contribution is -0.157. The molecule has 0 N–H and O–H groups in total. The van der Waals surface area contributed by atoms with Crippen molar-refractivity contribution in [3.8, 4) is 0 Å². The number of pyridine rings is 1. The first-order valence-corrected chi connectivity index (χ1v) is 7.73. The van der Waals surface area contributed by atoms with Gasteiger partial charge in [-0.3, -0.25) is 9.78 Å². The number of fused-ring (bicyclic) bond motifs is 1. The molecule has 1 aliphatic heterocycles. The predicted molar refractivity (Wildman–Crippen MR) is 86.7 cm³/mol. The van der Waals surface area contributed by atoms with Crippen LogP contribution in [0, 0.1) is 0 Å². The van der Waals surface area contributed by atoms with Crippen molar-refractivity contribution < 1.29 is 9.53 Å². The number of carbonyl (C=O) groups is 1. The molecule has 116 valence electrons. The monoisotopic (exact) mass is 298 g/mol. The molecule has 1 atom stereocenters. The van der Waals surface area contributed by atoms with E-state index in [1.165, 1.54) is 0 Å². The molecule has 1 aromatic heterocycles. The quantitative estimate of drug-likeness (QED) is 0.856. The normalized spacial score (nSPS) is 21.0. The smallest absolute Gasteiger partial charge is 0.227 e. The molecule has 1 aliphatic rings. The summed E-state index contributed by atoms with van der Waals surface area (Å²) >= 11 is 0. The lowest BCUT2D eigenvalue weighted by Gasteiger charge is -2.41. The van der Waals surface area contributed by atoms with Gasteiger partial charge in [-0.15, -0.1) is 0 Å². The van der Waals surface area contributed by atoms with E-state index in [4.69, 9.17) is 4.74 Å². The van der Waals surface area contributed by atoms with Gasteiger partial charge in [-0.05, 0) is 32.4 Å². The fourth-order valence-corrected chi connectivity index (χ4v) is 3.23. The zero-order valence-corrected chi connectivity index (χ0v) is 13.4. The minimum atomic E-state index is -0.287. The number of morpholine rings is 1. The van der Waals surface area contributed by atoms with E-state index in [0.717, 1.165) is 16.5 Å². The van der Waals surface area contributed by atoms with Crippen molar-refractivity contribution in [2.75, 3.05) is 13.1 Å². The number of amides is 1. The number of rotatable bonds is 2. The van der Waals surface area contributed by atoms with Crippen LogP contribution in [-0.2, 0) is 16.0 Å². The van der Waals surface area contributed by atoms with Gasteiger partial charge in [-0.25, -0.2) is 0 Å². The van der Waals surface area contributed by atoms with Gasteiger partial charge in [0.05, 0.1) is 23.6 Å². The van der Waals surface area contributed by atoms with E-state index >= 15 is 0 Å². The Kier molecular flexibility index (Phi) is 3.87. The molecule has 3 rings (SSSR count). The molecule has 0 spiro atoms. The Morgan fingerprint density at radius 3 is 2.91 bits per heavy atom. The van der Waals surface area contributed by atoms with Crippen LogP contribution in [0.5, 0.6) is 0 Å². The molecule has 1 unspecified atom stereocenters. The summed E-state index contributed by atoms with van der Waals surface area (Å²) in [5, 5.41) is 1.07. The summed E-state index contributed by atoms with van der Waals surface area (Å²) < 4.78 is 5.87. The first kappa shape index (κ1) is 15.0. The van der Waals surface area contributed by atoms with Crippen LogP contribution in [0.2, 0.25) is 0 Å². The number of ether oxygens (including phenoxy) is 1. The van der Waals surface area contributed by atoms with Crippen LogP contribution in [-0.4, -0.2) is 40.6 Å². The lowest BCUT2D eigenvalue weighted by atomic mass is 10.0. The average Bonchev–Trinajstić information content (AvgIpc) is 2.45. The maximum Gasteiger partial charge on any atom is 0.227 e. The Bertz CT molecular complexity index is 691. The number of carbonyl (C=O) groups excluding carboxylic acids is 1. The van der Waals surface area contributed by atoms with Gasteiger partial charge in [0, 0.05) is 24.7 Å². The van der Waals surface area contributed by atoms with E-state index in [-0.39, 0.29) is 17.6 Å². The van der Waals surface area contributed by atoms with Gasteiger partial charge in [0.2, 0.25) is 5.91 Å². The number of nitrogens with zero attached hydrogens (tertiary/aromatic N) is 2. The van der Waals surface area contributed by atoms with E-state index in [1.54, 1.807) is 6.20 Å². The topological polar surface area (TPSA) is 42.4 Å². The molecule has 4 heteroatoms. The molecule has 2 heterocycles. The van der Waals surface area contributed by atoms with Crippen LogP contribution in [0.4, 0.5) is 0 Å². The fraction of sp³-hybridized carbons (Fsp3) is 0.444. The second-order valence-corrected chi connectivity index (χ2v) is 6.63. The van der Waals surface area contributed by atoms with Crippen molar-refractivity contribution >= 4 is 16.8 Å². The maximum atomic E-state index is 12.7. The van der Waals surface area contributed by atoms with E-state index in [9.17, 15) is 4.79 Å². The van der Waals surface area contributed by atoms with Crippen molar-refractivity contribution in [2.24, 2.45) is 0 Å². The Morgan fingerprint density at radius 1 is 1.36 bits per heavy atom.